The Balaban J connectivity index is 2.48. The Labute approximate surface area is 182 Å². The number of hydrogen-bond acceptors (Lipinski definition) is 4. The zero-order valence-electron chi connectivity index (χ0n) is 14.5. The van der Waals surface area contributed by atoms with Crippen LogP contribution in [0.4, 0.5) is 0 Å². The van der Waals surface area contributed by atoms with Crippen LogP contribution in [0.2, 0.25) is 10.0 Å². The molecule has 146 valence electrons. The Hall–Kier alpha value is -0.330. The van der Waals surface area contributed by atoms with E-state index in [1.54, 1.807) is 6.07 Å². The maximum absolute atomic E-state index is 6.32. The first-order valence-electron chi connectivity index (χ1n) is 7.90. The Morgan fingerprint density at radius 1 is 1.12 bits per heavy atom. The molecule has 0 fully saturated rings. The third kappa shape index (κ3) is 9.05. The normalized spacial score (nSPS) is 10.3. The van der Waals surface area contributed by atoms with Crippen molar-refractivity contribution in [2.45, 2.75) is 33.1 Å². The van der Waals surface area contributed by atoms with Crippen LogP contribution in [0.15, 0.2) is 26.3 Å². The van der Waals surface area contributed by atoms with E-state index < -0.39 is 0 Å². The predicted octanol–water partition coefficient (Wildman–Crippen LogP) is 7.42. The summed E-state index contributed by atoms with van der Waals surface area (Å²) < 4.78 is 11.9. The summed E-state index contributed by atoms with van der Waals surface area (Å²) in [6.07, 6.45) is 4.20. The molecular weight excluding hydrogens is 488 g/mol. The van der Waals surface area contributed by atoms with Crippen molar-refractivity contribution in [3.05, 3.63) is 31.2 Å². The molecule has 0 saturated heterocycles. The highest BCUT2D eigenvalue weighted by atomic mass is 79.9. The van der Waals surface area contributed by atoms with Gasteiger partial charge in [0.05, 0.1) is 21.8 Å². The minimum absolute atomic E-state index is 0.125. The highest BCUT2D eigenvalue weighted by Gasteiger charge is 2.16. The van der Waals surface area contributed by atoms with Crippen LogP contribution in [-0.2, 0) is 4.84 Å². The summed E-state index contributed by atoms with van der Waals surface area (Å²) in [7, 11) is 0. The molecule has 0 bridgehead atoms. The quantitative estimate of drug-likeness (QED) is 0.135. The van der Waals surface area contributed by atoms with Gasteiger partial charge in [-0.1, -0.05) is 51.6 Å². The van der Waals surface area contributed by atoms with Crippen LogP contribution < -0.4 is 9.47 Å². The first-order chi connectivity index (χ1) is 12.3. The van der Waals surface area contributed by atoms with Crippen molar-refractivity contribution >= 4 is 68.0 Å². The molecule has 0 aromatic heterocycles. The molecule has 1 rings (SSSR count). The van der Waals surface area contributed by atoms with Crippen molar-refractivity contribution in [2.24, 2.45) is 5.16 Å². The maximum atomic E-state index is 6.32. The average molecular weight is 508 g/mol. The second kappa shape index (κ2) is 12.9. The van der Waals surface area contributed by atoms with Gasteiger partial charge in [-0.05, 0) is 55.1 Å². The number of hydrogen-bond donors (Lipinski definition) is 0. The maximum Gasteiger partial charge on any atom is 0.157 e. The van der Waals surface area contributed by atoms with Gasteiger partial charge in [0, 0.05) is 6.07 Å². The van der Waals surface area contributed by atoms with Gasteiger partial charge in [0.25, 0.3) is 0 Å². The molecule has 0 aliphatic rings. The van der Waals surface area contributed by atoms with E-state index in [0.717, 1.165) is 25.0 Å². The van der Waals surface area contributed by atoms with Crippen LogP contribution in [0.5, 0.6) is 11.5 Å². The van der Waals surface area contributed by atoms with E-state index in [1.165, 1.54) is 6.08 Å². The third-order valence-electron chi connectivity index (χ3n) is 2.93. The molecule has 9 heteroatoms. The number of halogens is 5. The monoisotopic (exact) mass is 505 g/mol. The first kappa shape index (κ1) is 23.7. The van der Waals surface area contributed by atoms with Gasteiger partial charge in [-0.25, -0.2) is 0 Å². The number of nitrogens with zero attached hydrogens (tertiary/aromatic N) is 1. The predicted molar refractivity (Wildman–Crippen MR) is 114 cm³/mol. The van der Waals surface area contributed by atoms with Gasteiger partial charge in [0.15, 0.2) is 5.75 Å². The number of rotatable bonds is 11. The van der Waals surface area contributed by atoms with Crippen molar-refractivity contribution in [1.29, 1.82) is 0 Å². The van der Waals surface area contributed by atoms with Gasteiger partial charge in [-0.15, -0.1) is 0 Å². The lowest BCUT2D eigenvalue weighted by molar-refractivity contribution is 0.138. The summed E-state index contributed by atoms with van der Waals surface area (Å²) in [6, 6.07) is 1.63. The fourth-order valence-corrected chi connectivity index (χ4v) is 2.86. The van der Waals surface area contributed by atoms with Crippen LogP contribution in [-0.4, -0.2) is 25.5 Å². The van der Waals surface area contributed by atoms with Crippen molar-refractivity contribution in [2.75, 3.05) is 19.8 Å². The molecule has 0 aliphatic heterocycles. The van der Waals surface area contributed by atoms with E-state index in [-0.39, 0.29) is 11.1 Å². The first-order valence-corrected chi connectivity index (χ1v) is 10.2. The molecule has 4 nitrogen and oxygen atoms in total. The molecule has 0 aliphatic carbocycles. The minimum atomic E-state index is 0.125. The molecule has 1 aromatic rings. The van der Waals surface area contributed by atoms with E-state index in [2.05, 4.69) is 21.1 Å². The van der Waals surface area contributed by atoms with E-state index in [0.29, 0.717) is 39.2 Å². The molecule has 1 aromatic carbocycles. The topological polar surface area (TPSA) is 40.0 Å². The lowest BCUT2D eigenvalue weighted by atomic mass is 10.2. The molecule has 26 heavy (non-hydrogen) atoms. The molecule has 0 amide bonds. The smallest absolute Gasteiger partial charge is 0.157 e. The Morgan fingerprint density at radius 2 is 1.81 bits per heavy atom. The van der Waals surface area contributed by atoms with Crippen molar-refractivity contribution in [1.82, 2.24) is 0 Å². The highest BCUT2D eigenvalue weighted by Crippen LogP contribution is 2.44. The van der Waals surface area contributed by atoms with Crippen LogP contribution in [0, 0.1) is 0 Å². The number of unbranched alkanes of at least 4 members (excludes halogenated alkanes) is 2. The van der Waals surface area contributed by atoms with Crippen LogP contribution in [0.3, 0.4) is 0 Å². The Bertz CT molecular complexity index is 645. The number of benzene rings is 1. The lowest BCUT2D eigenvalue weighted by Gasteiger charge is -2.14. The summed E-state index contributed by atoms with van der Waals surface area (Å²) in [5.41, 5.74) is 0.900. The van der Waals surface area contributed by atoms with Gasteiger partial charge >= 0.3 is 0 Å². The largest absolute Gasteiger partial charge is 0.490 e. The van der Waals surface area contributed by atoms with Gasteiger partial charge in [0.1, 0.15) is 28.5 Å². The fraction of sp³-hybridized carbons (Fsp3) is 0.471. The van der Waals surface area contributed by atoms with Crippen molar-refractivity contribution in [3.63, 3.8) is 0 Å². The van der Waals surface area contributed by atoms with Gasteiger partial charge in [-0.3, -0.25) is 0 Å². The lowest BCUT2D eigenvalue weighted by Crippen LogP contribution is -2.01. The molecule has 0 atom stereocenters. The highest BCUT2D eigenvalue weighted by molar-refractivity contribution is 9.10. The van der Waals surface area contributed by atoms with Gasteiger partial charge < -0.3 is 14.3 Å². The van der Waals surface area contributed by atoms with Gasteiger partial charge in [0.2, 0.25) is 0 Å². The second-order valence-corrected chi connectivity index (χ2v) is 7.99. The standard InChI is InChI=1S/C17H20BrCl4NO3/c1-11(2)23-26-8-5-3-4-7-25-17-12(19)10-13(15(18)16(17)22)24-9-6-14(20)21/h6,10H,3-5,7-9H2,1-2H3. The molecule has 0 unspecified atom stereocenters. The van der Waals surface area contributed by atoms with Gasteiger partial charge in [-0.2, -0.15) is 0 Å². The molecule has 0 heterocycles. The van der Waals surface area contributed by atoms with E-state index in [9.17, 15) is 0 Å². The SMILES string of the molecule is CC(C)=NOCCCCCOc1c(Cl)cc(OCC=C(Cl)Cl)c(Br)c1Cl. The number of ether oxygens (including phenoxy) is 2. The summed E-state index contributed by atoms with van der Waals surface area (Å²) in [6.45, 7) is 5.05. The molecule has 0 N–H and O–H groups in total. The van der Waals surface area contributed by atoms with E-state index >= 15 is 0 Å². The second-order valence-electron chi connectivity index (χ2n) is 5.40. The third-order valence-corrected chi connectivity index (χ3v) is 4.90. The zero-order valence-corrected chi connectivity index (χ0v) is 19.1. The average Bonchev–Trinajstić information content (AvgIpc) is 2.56. The van der Waals surface area contributed by atoms with Crippen molar-refractivity contribution < 1.29 is 14.3 Å². The molecule has 0 radical (unpaired) electrons. The van der Waals surface area contributed by atoms with Crippen LogP contribution >= 0.6 is 62.3 Å². The summed E-state index contributed by atoms with van der Waals surface area (Å²) >= 11 is 27.0. The van der Waals surface area contributed by atoms with Crippen molar-refractivity contribution in [3.8, 4) is 11.5 Å². The van der Waals surface area contributed by atoms with Crippen LogP contribution in [0.1, 0.15) is 33.1 Å². The fourth-order valence-electron chi connectivity index (χ4n) is 1.78. The summed E-state index contributed by atoms with van der Waals surface area (Å²) in [5.74, 6) is 0.892. The zero-order chi connectivity index (χ0) is 19.5. The Kier molecular flexibility index (Phi) is 11.8. The minimum Gasteiger partial charge on any atom is -0.490 e. The molecule has 0 saturated carbocycles. The van der Waals surface area contributed by atoms with Crippen LogP contribution in [0.25, 0.3) is 0 Å². The summed E-state index contributed by atoms with van der Waals surface area (Å²) in [4.78, 5) is 5.14. The summed E-state index contributed by atoms with van der Waals surface area (Å²) in [5, 5.41) is 4.59. The van der Waals surface area contributed by atoms with E-state index in [1.807, 2.05) is 13.8 Å². The molecular formula is C17H20BrCl4NO3. The Morgan fingerprint density at radius 3 is 2.46 bits per heavy atom. The number of oxime groups is 1. The van der Waals surface area contributed by atoms with E-state index in [4.69, 9.17) is 60.7 Å². The molecule has 0 spiro atoms.